The van der Waals surface area contributed by atoms with Gasteiger partial charge in [-0.15, -0.1) is 0 Å². The summed E-state index contributed by atoms with van der Waals surface area (Å²) in [5, 5.41) is 0.489. The Kier molecular flexibility index (Phi) is 4.59. The fourth-order valence-electron chi connectivity index (χ4n) is 1.51. The highest BCUT2D eigenvalue weighted by atomic mass is 35.5. The zero-order chi connectivity index (χ0) is 14.6. The van der Waals surface area contributed by atoms with Crippen molar-refractivity contribution in [3.63, 3.8) is 0 Å². The molecule has 0 spiro atoms. The number of nitrogens with zero attached hydrogens (tertiary/aromatic N) is 1. The summed E-state index contributed by atoms with van der Waals surface area (Å²) in [6.07, 6.45) is 1.56. The molecule has 1 aromatic carbocycles. The predicted octanol–water partition coefficient (Wildman–Crippen LogP) is 2.22. The Bertz CT molecular complexity index is 670. The smallest absolute Gasteiger partial charge is 0.240 e. The summed E-state index contributed by atoms with van der Waals surface area (Å²) < 4.78 is 31.5. The standard InChI is InChI=1S/C13H13ClN2O3S/c1-19-13-7-2-10(8-15-13)9-16-20(17,18)12-5-3-11(14)4-6-12/h2-8,16H,9H2,1H3. The van der Waals surface area contributed by atoms with Gasteiger partial charge in [0, 0.05) is 23.8 Å². The Morgan fingerprint density at radius 1 is 1.20 bits per heavy atom. The van der Waals surface area contributed by atoms with Crippen molar-refractivity contribution in [2.45, 2.75) is 11.4 Å². The molecule has 5 nitrogen and oxygen atoms in total. The van der Waals surface area contributed by atoms with E-state index in [4.69, 9.17) is 16.3 Å². The van der Waals surface area contributed by atoms with Gasteiger partial charge in [-0.2, -0.15) is 0 Å². The van der Waals surface area contributed by atoms with E-state index >= 15 is 0 Å². The van der Waals surface area contributed by atoms with E-state index in [0.717, 1.165) is 5.56 Å². The molecule has 2 aromatic rings. The monoisotopic (exact) mass is 312 g/mol. The maximum absolute atomic E-state index is 12.0. The van der Waals surface area contributed by atoms with Gasteiger partial charge in [0.1, 0.15) is 0 Å². The molecule has 1 aromatic heterocycles. The number of hydrogen-bond acceptors (Lipinski definition) is 4. The van der Waals surface area contributed by atoms with Gasteiger partial charge in [0.25, 0.3) is 0 Å². The molecule has 7 heteroatoms. The van der Waals surface area contributed by atoms with Crippen LogP contribution in [0, 0.1) is 0 Å². The van der Waals surface area contributed by atoms with Gasteiger partial charge in [0.2, 0.25) is 15.9 Å². The molecule has 0 fully saturated rings. The van der Waals surface area contributed by atoms with E-state index in [2.05, 4.69) is 9.71 Å². The number of pyridine rings is 1. The van der Waals surface area contributed by atoms with Gasteiger partial charge >= 0.3 is 0 Å². The average molecular weight is 313 g/mol. The lowest BCUT2D eigenvalue weighted by Crippen LogP contribution is -2.23. The first-order valence-corrected chi connectivity index (χ1v) is 7.61. The Labute approximate surface area is 122 Å². The molecule has 0 radical (unpaired) electrons. The first kappa shape index (κ1) is 14.8. The highest BCUT2D eigenvalue weighted by Gasteiger charge is 2.13. The molecule has 1 heterocycles. The van der Waals surface area contributed by atoms with E-state index in [1.807, 2.05) is 0 Å². The third-order valence-corrected chi connectivity index (χ3v) is 4.27. The van der Waals surface area contributed by atoms with Crippen molar-refractivity contribution in [3.05, 3.63) is 53.2 Å². The Hall–Kier alpha value is -1.63. The second kappa shape index (κ2) is 6.21. The fourth-order valence-corrected chi connectivity index (χ4v) is 2.66. The summed E-state index contributed by atoms with van der Waals surface area (Å²) in [6, 6.07) is 9.39. The van der Waals surface area contributed by atoms with E-state index < -0.39 is 10.0 Å². The average Bonchev–Trinajstić information content (AvgIpc) is 2.46. The molecule has 20 heavy (non-hydrogen) atoms. The summed E-state index contributed by atoms with van der Waals surface area (Å²) in [4.78, 5) is 4.18. The van der Waals surface area contributed by atoms with Crippen LogP contribution in [0.5, 0.6) is 5.88 Å². The van der Waals surface area contributed by atoms with Crippen molar-refractivity contribution in [1.29, 1.82) is 0 Å². The number of nitrogens with one attached hydrogen (secondary N) is 1. The molecule has 0 aliphatic carbocycles. The van der Waals surface area contributed by atoms with Crippen LogP contribution in [-0.2, 0) is 16.6 Å². The molecule has 0 saturated carbocycles. The Balaban J connectivity index is 2.06. The van der Waals surface area contributed by atoms with Crippen molar-refractivity contribution in [2.75, 3.05) is 7.11 Å². The molecule has 0 bridgehead atoms. The zero-order valence-corrected chi connectivity index (χ0v) is 12.3. The van der Waals surface area contributed by atoms with E-state index in [1.165, 1.54) is 31.4 Å². The second-order valence-corrected chi connectivity index (χ2v) is 6.19. The molecule has 0 aliphatic rings. The SMILES string of the molecule is COc1ccc(CNS(=O)(=O)c2ccc(Cl)cc2)cn1. The van der Waals surface area contributed by atoms with Crippen LogP contribution in [-0.4, -0.2) is 20.5 Å². The fraction of sp³-hybridized carbons (Fsp3) is 0.154. The summed E-state index contributed by atoms with van der Waals surface area (Å²) in [5.74, 6) is 0.481. The lowest BCUT2D eigenvalue weighted by molar-refractivity contribution is 0.397. The van der Waals surface area contributed by atoms with E-state index in [9.17, 15) is 8.42 Å². The highest BCUT2D eigenvalue weighted by Crippen LogP contribution is 2.14. The topological polar surface area (TPSA) is 68.3 Å². The maximum Gasteiger partial charge on any atom is 0.240 e. The van der Waals surface area contributed by atoms with Gasteiger partial charge in [-0.05, 0) is 29.8 Å². The van der Waals surface area contributed by atoms with Gasteiger partial charge in [0.05, 0.1) is 12.0 Å². The Morgan fingerprint density at radius 3 is 2.45 bits per heavy atom. The molecule has 0 amide bonds. The lowest BCUT2D eigenvalue weighted by atomic mass is 10.3. The molecule has 0 atom stereocenters. The first-order chi connectivity index (χ1) is 9.51. The maximum atomic E-state index is 12.0. The van der Waals surface area contributed by atoms with Crippen molar-refractivity contribution in [3.8, 4) is 5.88 Å². The van der Waals surface area contributed by atoms with Crippen LogP contribution in [0.2, 0.25) is 5.02 Å². The molecular weight excluding hydrogens is 300 g/mol. The number of halogens is 1. The van der Waals surface area contributed by atoms with Crippen molar-refractivity contribution >= 4 is 21.6 Å². The first-order valence-electron chi connectivity index (χ1n) is 5.75. The van der Waals surface area contributed by atoms with Crippen molar-refractivity contribution in [1.82, 2.24) is 9.71 Å². The Morgan fingerprint density at radius 2 is 1.90 bits per heavy atom. The van der Waals surface area contributed by atoms with Crippen LogP contribution in [0.25, 0.3) is 0 Å². The third kappa shape index (κ3) is 3.69. The third-order valence-electron chi connectivity index (χ3n) is 2.60. The number of ether oxygens (including phenoxy) is 1. The van der Waals surface area contributed by atoms with Gasteiger partial charge in [0.15, 0.2) is 0 Å². The molecule has 1 N–H and O–H groups in total. The molecule has 0 saturated heterocycles. The number of aromatic nitrogens is 1. The lowest BCUT2D eigenvalue weighted by Gasteiger charge is -2.07. The summed E-state index contributed by atoms with van der Waals surface area (Å²) in [6.45, 7) is 0.155. The van der Waals surface area contributed by atoms with Crippen LogP contribution in [0.3, 0.4) is 0 Å². The van der Waals surface area contributed by atoms with Crippen LogP contribution in [0.15, 0.2) is 47.5 Å². The predicted molar refractivity (Wildman–Crippen MR) is 76.3 cm³/mol. The van der Waals surface area contributed by atoms with E-state index in [1.54, 1.807) is 18.3 Å². The summed E-state index contributed by atoms with van der Waals surface area (Å²) in [5.41, 5.74) is 0.739. The van der Waals surface area contributed by atoms with Gasteiger partial charge in [-0.1, -0.05) is 17.7 Å². The van der Waals surface area contributed by atoms with Gasteiger partial charge in [-0.25, -0.2) is 18.1 Å². The number of rotatable bonds is 5. The van der Waals surface area contributed by atoms with Crippen LogP contribution in [0.1, 0.15) is 5.56 Å². The quantitative estimate of drug-likeness (QED) is 0.919. The molecule has 0 unspecified atom stereocenters. The number of sulfonamides is 1. The van der Waals surface area contributed by atoms with Crippen LogP contribution in [0.4, 0.5) is 0 Å². The molecular formula is C13H13ClN2O3S. The number of hydrogen-bond donors (Lipinski definition) is 1. The van der Waals surface area contributed by atoms with Crippen molar-refractivity contribution < 1.29 is 13.2 Å². The van der Waals surface area contributed by atoms with Gasteiger partial charge < -0.3 is 4.74 Å². The molecule has 106 valence electrons. The number of methoxy groups -OCH3 is 1. The summed E-state index contributed by atoms with van der Waals surface area (Å²) >= 11 is 5.73. The largest absolute Gasteiger partial charge is 0.481 e. The van der Waals surface area contributed by atoms with Gasteiger partial charge in [-0.3, -0.25) is 0 Å². The van der Waals surface area contributed by atoms with Crippen molar-refractivity contribution in [2.24, 2.45) is 0 Å². The summed E-state index contributed by atoms with van der Waals surface area (Å²) in [7, 11) is -2.04. The highest BCUT2D eigenvalue weighted by molar-refractivity contribution is 7.89. The minimum absolute atomic E-state index is 0.155. The second-order valence-electron chi connectivity index (χ2n) is 3.99. The van der Waals surface area contributed by atoms with E-state index in [-0.39, 0.29) is 11.4 Å². The minimum Gasteiger partial charge on any atom is -0.481 e. The van der Waals surface area contributed by atoms with Crippen LogP contribution < -0.4 is 9.46 Å². The number of benzene rings is 1. The molecule has 2 rings (SSSR count). The van der Waals surface area contributed by atoms with E-state index in [0.29, 0.717) is 10.9 Å². The minimum atomic E-state index is -3.56. The van der Waals surface area contributed by atoms with Crippen LogP contribution >= 0.6 is 11.6 Å². The zero-order valence-electron chi connectivity index (χ0n) is 10.7. The molecule has 0 aliphatic heterocycles. The normalized spacial score (nSPS) is 11.3.